The molecule has 106 valence electrons. The number of hydrogen-bond acceptors (Lipinski definition) is 4. The second-order valence-corrected chi connectivity index (χ2v) is 5.06. The van der Waals surface area contributed by atoms with E-state index in [-0.39, 0.29) is 35.2 Å². The van der Waals surface area contributed by atoms with Crippen LogP contribution in [0, 0.1) is 10.1 Å². The van der Waals surface area contributed by atoms with Crippen molar-refractivity contribution in [2.75, 3.05) is 6.54 Å². The number of nitro groups is 1. The van der Waals surface area contributed by atoms with E-state index in [1.54, 1.807) is 13.8 Å². The zero-order valence-corrected chi connectivity index (χ0v) is 12.0. The van der Waals surface area contributed by atoms with Crippen LogP contribution >= 0.6 is 24.0 Å². The molecule has 19 heavy (non-hydrogen) atoms. The highest BCUT2D eigenvalue weighted by Crippen LogP contribution is 2.20. The summed E-state index contributed by atoms with van der Waals surface area (Å²) < 4.78 is 0. The average molecular weight is 308 g/mol. The van der Waals surface area contributed by atoms with Gasteiger partial charge < -0.3 is 11.1 Å². The summed E-state index contributed by atoms with van der Waals surface area (Å²) in [5.41, 5.74) is 5.08. The highest BCUT2D eigenvalue weighted by molar-refractivity contribution is 6.31. The number of carbonyl (C=O) groups is 1. The molecule has 1 rings (SSSR count). The Hall–Kier alpha value is -1.37. The summed E-state index contributed by atoms with van der Waals surface area (Å²) in [6, 6.07) is 3.73. The van der Waals surface area contributed by atoms with Crippen molar-refractivity contribution in [2.24, 2.45) is 5.73 Å². The Kier molecular flexibility index (Phi) is 6.21. The van der Waals surface area contributed by atoms with Crippen LogP contribution in [0.5, 0.6) is 0 Å². The molecule has 0 radical (unpaired) electrons. The zero-order chi connectivity index (χ0) is 13.9. The van der Waals surface area contributed by atoms with Crippen molar-refractivity contribution in [2.45, 2.75) is 19.4 Å². The molecule has 0 aromatic heterocycles. The fourth-order valence-electron chi connectivity index (χ4n) is 1.22. The number of nitrogens with zero attached hydrogens (tertiary/aromatic N) is 1. The fourth-order valence-corrected chi connectivity index (χ4v) is 1.45. The van der Waals surface area contributed by atoms with Crippen LogP contribution in [0.4, 0.5) is 5.69 Å². The van der Waals surface area contributed by atoms with E-state index < -0.39 is 16.4 Å². The maximum atomic E-state index is 11.8. The summed E-state index contributed by atoms with van der Waals surface area (Å²) in [6.45, 7) is 3.77. The number of rotatable bonds is 4. The maximum absolute atomic E-state index is 11.8. The molecule has 0 heterocycles. The first kappa shape index (κ1) is 17.6. The van der Waals surface area contributed by atoms with Crippen LogP contribution in [0.15, 0.2) is 18.2 Å². The molecule has 0 saturated carbocycles. The molecule has 1 aromatic carbocycles. The van der Waals surface area contributed by atoms with Crippen molar-refractivity contribution in [1.29, 1.82) is 0 Å². The molecule has 0 atom stereocenters. The number of amides is 1. The molecule has 0 unspecified atom stereocenters. The minimum atomic E-state index is -0.602. The number of halogens is 2. The standard InChI is InChI=1S/C11H14ClN3O3.ClH/c1-11(2,13)6-14-10(16)7-3-8(12)5-9(4-7)15(17)18;/h3-5H,6,13H2,1-2H3,(H,14,16);1H. The van der Waals surface area contributed by atoms with Crippen LogP contribution in [0.25, 0.3) is 0 Å². The Labute approximate surface area is 121 Å². The van der Waals surface area contributed by atoms with Crippen molar-refractivity contribution in [3.8, 4) is 0 Å². The Morgan fingerprint density at radius 3 is 2.53 bits per heavy atom. The lowest BCUT2D eigenvalue weighted by Gasteiger charge is -2.18. The summed E-state index contributed by atoms with van der Waals surface area (Å²) in [7, 11) is 0. The highest BCUT2D eigenvalue weighted by atomic mass is 35.5. The van der Waals surface area contributed by atoms with Crippen LogP contribution in [0.2, 0.25) is 5.02 Å². The smallest absolute Gasteiger partial charge is 0.271 e. The minimum absolute atomic E-state index is 0. The largest absolute Gasteiger partial charge is 0.350 e. The molecule has 6 nitrogen and oxygen atoms in total. The maximum Gasteiger partial charge on any atom is 0.271 e. The first-order valence-electron chi connectivity index (χ1n) is 5.21. The lowest BCUT2D eigenvalue weighted by molar-refractivity contribution is -0.384. The molecule has 1 aromatic rings. The lowest BCUT2D eigenvalue weighted by atomic mass is 10.1. The van der Waals surface area contributed by atoms with Crippen LogP contribution in [-0.4, -0.2) is 22.9 Å². The number of nitro benzene ring substituents is 1. The predicted octanol–water partition coefficient (Wildman–Crippen LogP) is 2.14. The minimum Gasteiger partial charge on any atom is -0.350 e. The van der Waals surface area contributed by atoms with Gasteiger partial charge in [0.15, 0.2) is 0 Å². The first-order chi connectivity index (χ1) is 8.19. The third-order valence-electron chi connectivity index (χ3n) is 2.06. The Bertz CT molecular complexity index is 487. The van der Waals surface area contributed by atoms with E-state index in [9.17, 15) is 14.9 Å². The summed E-state index contributed by atoms with van der Waals surface area (Å²) in [6.07, 6.45) is 0. The number of hydrogen-bond donors (Lipinski definition) is 2. The Morgan fingerprint density at radius 1 is 1.47 bits per heavy atom. The lowest BCUT2D eigenvalue weighted by Crippen LogP contribution is -2.45. The number of carbonyl (C=O) groups excluding carboxylic acids is 1. The molecule has 3 N–H and O–H groups in total. The van der Waals surface area contributed by atoms with Crippen LogP contribution in [0.1, 0.15) is 24.2 Å². The van der Waals surface area contributed by atoms with E-state index >= 15 is 0 Å². The topological polar surface area (TPSA) is 98.3 Å². The van der Waals surface area contributed by atoms with Gasteiger partial charge in [0.2, 0.25) is 0 Å². The van der Waals surface area contributed by atoms with Crippen molar-refractivity contribution >= 4 is 35.6 Å². The van der Waals surface area contributed by atoms with Crippen LogP contribution < -0.4 is 11.1 Å². The van der Waals surface area contributed by atoms with E-state index in [4.69, 9.17) is 17.3 Å². The van der Waals surface area contributed by atoms with Gasteiger partial charge in [-0.15, -0.1) is 12.4 Å². The van der Waals surface area contributed by atoms with Crippen molar-refractivity contribution in [1.82, 2.24) is 5.32 Å². The quantitative estimate of drug-likeness (QED) is 0.657. The molecule has 8 heteroatoms. The number of nitrogens with two attached hydrogens (primary N) is 1. The van der Waals surface area contributed by atoms with E-state index in [1.807, 2.05) is 0 Å². The van der Waals surface area contributed by atoms with Gasteiger partial charge in [0.1, 0.15) is 0 Å². The zero-order valence-electron chi connectivity index (χ0n) is 10.5. The van der Waals surface area contributed by atoms with Gasteiger partial charge in [-0.05, 0) is 19.9 Å². The van der Waals surface area contributed by atoms with Gasteiger partial charge >= 0.3 is 0 Å². The van der Waals surface area contributed by atoms with Crippen LogP contribution in [-0.2, 0) is 0 Å². The number of benzene rings is 1. The van der Waals surface area contributed by atoms with Gasteiger partial charge in [0.25, 0.3) is 11.6 Å². The fraction of sp³-hybridized carbons (Fsp3) is 0.364. The summed E-state index contributed by atoms with van der Waals surface area (Å²) >= 11 is 5.72. The van der Waals surface area contributed by atoms with E-state index in [1.165, 1.54) is 18.2 Å². The van der Waals surface area contributed by atoms with Crippen molar-refractivity contribution in [3.63, 3.8) is 0 Å². The van der Waals surface area contributed by atoms with Gasteiger partial charge in [-0.2, -0.15) is 0 Å². The molecular formula is C11H15Cl2N3O3. The second kappa shape index (κ2) is 6.70. The van der Waals surface area contributed by atoms with Gasteiger partial charge in [-0.1, -0.05) is 11.6 Å². The molecule has 1 amide bonds. The normalized spacial score (nSPS) is 10.5. The molecule has 0 aliphatic rings. The third kappa shape index (κ3) is 5.87. The molecule has 0 bridgehead atoms. The van der Waals surface area contributed by atoms with Crippen molar-refractivity contribution in [3.05, 3.63) is 38.9 Å². The second-order valence-electron chi connectivity index (χ2n) is 4.63. The van der Waals surface area contributed by atoms with Gasteiger partial charge in [-0.3, -0.25) is 14.9 Å². The molecule has 0 fully saturated rings. The summed E-state index contributed by atoms with van der Waals surface area (Å²) in [5, 5.41) is 13.4. The van der Waals surface area contributed by atoms with E-state index in [0.717, 1.165) is 0 Å². The monoisotopic (exact) mass is 307 g/mol. The average Bonchev–Trinajstić information content (AvgIpc) is 2.23. The van der Waals surface area contributed by atoms with Gasteiger partial charge in [0.05, 0.1) is 4.92 Å². The molecular weight excluding hydrogens is 293 g/mol. The summed E-state index contributed by atoms with van der Waals surface area (Å²) in [5.74, 6) is -0.445. The number of non-ortho nitro benzene ring substituents is 1. The van der Waals surface area contributed by atoms with Crippen molar-refractivity contribution < 1.29 is 9.72 Å². The SMILES string of the molecule is CC(C)(N)CNC(=O)c1cc(Cl)cc([N+](=O)[O-])c1.Cl. The van der Waals surface area contributed by atoms with Gasteiger partial charge in [-0.25, -0.2) is 0 Å². The number of nitrogens with one attached hydrogen (secondary N) is 1. The van der Waals surface area contributed by atoms with Gasteiger partial charge in [0, 0.05) is 34.8 Å². The molecule has 0 aliphatic heterocycles. The first-order valence-corrected chi connectivity index (χ1v) is 5.59. The molecule has 0 aliphatic carbocycles. The van der Waals surface area contributed by atoms with E-state index in [2.05, 4.69) is 5.32 Å². The molecule has 0 spiro atoms. The van der Waals surface area contributed by atoms with Crippen LogP contribution in [0.3, 0.4) is 0 Å². The summed E-state index contributed by atoms with van der Waals surface area (Å²) in [4.78, 5) is 21.8. The third-order valence-corrected chi connectivity index (χ3v) is 2.28. The highest BCUT2D eigenvalue weighted by Gasteiger charge is 2.16. The van der Waals surface area contributed by atoms with E-state index in [0.29, 0.717) is 0 Å². The Balaban J connectivity index is 0.00000324. The Morgan fingerprint density at radius 2 is 2.05 bits per heavy atom. The molecule has 0 saturated heterocycles. The predicted molar refractivity (Wildman–Crippen MR) is 76.0 cm³/mol.